The van der Waals surface area contributed by atoms with Crippen LogP contribution in [0.15, 0.2) is 59.6 Å². The van der Waals surface area contributed by atoms with Crippen LogP contribution in [0, 0.1) is 5.41 Å². The van der Waals surface area contributed by atoms with Crippen LogP contribution in [-0.4, -0.2) is 75.6 Å². The molecule has 2 aliphatic heterocycles. The quantitative estimate of drug-likeness (QED) is 0.234. The van der Waals surface area contributed by atoms with Crippen LogP contribution in [-0.2, 0) is 19.6 Å². The van der Waals surface area contributed by atoms with E-state index in [0.717, 1.165) is 44.5 Å². The number of carbonyl (C=O) groups is 1. The molecule has 0 aromatic heterocycles. The number of nitrogens with one attached hydrogen (secondary N) is 1. The highest BCUT2D eigenvalue weighted by Gasteiger charge is 2.27. The molecule has 0 spiro atoms. The van der Waals surface area contributed by atoms with Crippen LogP contribution in [0.1, 0.15) is 50.2 Å². The summed E-state index contributed by atoms with van der Waals surface area (Å²) < 4.78 is 38.8. The number of piperidine rings is 1. The Labute approximate surface area is 242 Å². The fourth-order valence-corrected chi connectivity index (χ4v) is 6.25. The van der Waals surface area contributed by atoms with Gasteiger partial charge in [-0.05, 0) is 55.7 Å². The molecule has 0 aliphatic carbocycles. The first kappa shape index (κ1) is 30.1. The number of esters is 1. The van der Waals surface area contributed by atoms with Crippen LogP contribution in [0.3, 0.4) is 0 Å². The Balaban J connectivity index is 1.44. The number of sulfonamides is 1. The lowest BCUT2D eigenvalue weighted by molar-refractivity contribution is -0.139. The van der Waals surface area contributed by atoms with E-state index in [4.69, 9.17) is 20.6 Å². The lowest BCUT2D eigenvalue weighted by Gasteiger charge is -2.35. The topological polar surface area (TPSA) is 138 Å². The van der Waals surface area contributed by atoms with Gasteiger partial charge in [0.15, 0.2) is 5.75 Å². The summed E-state index contributed by atoms with van der Waals surface area (Å²) in [5, 5.41) is 7.63. The van der Waals surface area contributed by atoms with E-state index in [1.807, 2.05) is 6.07 Å². The molecule has 2 aromatic rings. The molecule has 1 saturated heterocycles. The van der Waals surface area contributed by atoms with Crippen molar-refractivity contribution in [1.82, 2.24) is 4.90 Å². The number of carbonyl (C=O) groups excluding carboxylic acids is 1. The van der Waals surface area contributed by atoms with Gasteiger partial charge in [-0.25, -0.2) is 8.42 Å². The predicted octanol–water partition coefficient (Wildman–Crippen LogP) is 3.81. The lowest BCUT2D eigenvalue weighted by Crippen LogP contribution is -2.42. The number of nitrogens with two attached hydrogens (primary N) is 1. The van der Waals surface area contributed by atoms with Crippen LogP contribution in [0.4, 0.5) is 5.69 Å². The van der Waals surface area contributed by atoms with Crippen LogP contribution < -0.4 is 14.8 Å². The number of aliphatic imine (C=N–C) groups is 1. The first-order valence-electron chi connectivity index (χ1n) is 14.1. The van der Waals surface area contributed by atoms with Crippen molar-refractivity contribution in [3.05, 3.63) is 65.7 Å². The molecule has 4 rings (SSSR count). The largest absolute Gasteiger partial charge is 0.490 e. The fraction of sp³-hybridized carbons (Fsp3) is 0.433. The summed E-state index contributed by atoms with van der Waals surface area (Å²) in [7, 11) is -4.03. The SMILES string of the molecule is CCOC(=O)CS(=O)(=O)N(C/C=C/c1cccc(C(=N)N)c1)c1ccc(OC2CCN(C3=NCCCC3)CC2)cc1. The Bertz CT molecular complexity index is 1370. The summed E-state index contributed by atoms with van der Waals surface area (Å²) >= 11 is 0. The van der Waals surface area contributed by atoms with E-state index in [0.29, 0.717) is 17.0 Å². The van der Waals surface area contributed by atoms with E-state index in [-0.39, 0.29) is 25.1 Å². The number of likely N-dealkylation sites (tertiary alicyclic amines) is 1. The number of nitrogens with zero attached hydrogens (tertiary/aromatic N) is 3. The Morgan fingerprint density at radius 3 is 2.59 bits per heavy atom. The number of ether oxygens (including phenoxy) is 2. The second-order valence-electron chi connectivity index (χ2n) is 10.1. The Morgan fingerprint density at radius 2 is 1.93 bits per heavy atom. The Hall–Kier alpha value is -3.86. The molecule has 0 radical (unpaired) electrons. The minimum absolute atomic E-state index is 0.00537. The molecule has 11 heteroatoms. The van der Waals surface area contributed by atoms with Gasteiger partial charge < -0.3 is 20.1 Å². The number of amidine groups is 2. The zero-order valence-electron chi connectivity index (χ0n) is 23.5. The third-order valence-electron chi connectivity index (χ3n) is 7.06. The van der Waals surface area contributed by atoms with Gasteiger partial charge >= 0.3 is 5.97 Å². The van der Waals surface area contributed by atoms with Gasteiger partial charge in [0.1, 0.15) is 17.7 Å². The van der Waals surface area contributed by atoms with Crippen molar-refractivity contribution in [3.63, 3.8) is 0 Å². The minimum atomic E-state index is -4.03. The van der Waals surface area contributed by atoms with Crippen molar-refractivity contribution >= 4 is 39.4 Å². The molecule has 1 fully saturated rings. The van der Waals surface area contributed by atoms with Gasteiger partial charge in [-0.3, -0.25) is 19.5 Å². The molecule has 0 atom stereocenters. The first-order chi connectivity index (χ1) is 19.7. The van der Waals surface area contributed by atoms with Gasteiger partial charge in [-0.1, -0.05) is 30.4 Å². The molecule has 0 unspecified atom stereocenters. The number of hydrogen-bond donors (Lipinski definition) is 2. The fourth-order valence-electron chi connectivity index (χ4n) is 4.96. The molecule has 10 nitrogen and oxygen atoms in total. The highest BCUT2D eigenvalue weighted by Crippen LogP contribution is 2.26. The molecular formula is C30H39N5O5S. The van der Waals surface area contributed by atoms with Crippen LogP contribution in [0.25, 0.3) is 6.08 Å². The van der Waals surface area contributed by atoms with E-state index < -0.39 is 21.7 Å². The first-order valence-corrected chi connectivity index (χ1v) is 15.7. The highest BCUT2D eigenvalue weighted by molar-refractivity contribution is 7.93. The molecular weight excluding hydrogens is 542 g/mol. The number of hydrogen-bond acceptors (Lipinski definition) is 8. The number of rotatable bonds is 11. The van der Waals surface area contributed by atoms with Crippen molar-refractivity contribution in [1.29, 1.82) is 5.41 Å². The van der Waals surface area contributed by atoms with E-state index >= 15 is 0 Å². The van der Waals surface area contributed by atoms with Crippen LogP contribution in [0.2, 0.25) is 0 Å². The summed E-state index contributed by atoms with van der Waals surface area (Å²) in [6.07, 6.45) is 8.76. The third-order valence-corrected chi connectivity index (χ3v) is 8.69. The van der Waals surface area contributed by atoms with Gasteiger partial charge in [-0.15, -0.1) is 0 Å². The average Bonchev–Trinajstić information content (AvgIpc) is 2.97. The average molecular weight is 582 g/mol. The van der Waals surface area contributed by atoms with Crippen molar-refractivity contribution in [2.75, 3.05) is 42.8 Å². The normalized spacial score (nSPS) is 16.3. The summed E-state index contributed by atoms with van der Waals surface area (Å²) in [5.41, 5.74) is 7.34. The van der Waals surface area contributed by atoms with Crippen molar-refractivity contribution in [3.8, 4) is 5.75 Å². The molecule has 220 valence electrons. The molecule has 41 heavy (non-hydrogen) atoms. The van der Waals surface area contributed by atoms with E-state index in [1.54, 1.807) is 61.5 Å². The van der Waals surface area contributed by atoms with Gasteiger partial charge in [0.25, 0.3) is 0 Å². The molecule has 2 aromatic carbocycles. The van der Waals surface area contributed by atoms with Gasteiger partial charge in [0, 0.05) is 44.5 Å². The zero-order valence-corrected chi connectivity index (χ0v) is 24.3. The predicted molar refractivity (Wildman–Crippen MR) is 162 cm³/mol. The summed E-state index contributed by atoms with van der Waals surface area (Å²) in [6.45, 7) is 4.49. The monoisotopic (exact) mass is 581 g/mol. The summed E-state index contributed by atoms with van der Waals surface area (Å²) in [6, 6.07) is 14.0. The van der Waals surface area contributed by atoms with Crippen molar-refractivity contribution in [2.24, 2.45) is 10.7 Å². The maximum Gasteiger partial charge on any atom is 0.323 e. The molecule has 2 heterocycles. The van der Waals surface area contributed by atoms with Crippen molar-refractivity contribution in [2.45, 2.75) is 45.1 Å². The van der Waals surface area contributed by atoms with Gasteiger partial charge in [0.05, 0.1) is 24.7 Å². The standard InChI is InChI=1S/C30H39N5O5S/c1-2-39-29(36)22-41(37,38)35(18-6-8-23-7-5-9-24(21-23)30(31)32)25-11-13-26(14-12-25)40-27-15-19-34(20-16-27)28-10-3-4-17-33-28/h5-9,11-14,21,27H,2-4,10,15-20,22H2,1H3,(H3,31,32)/b8-6+. The van der Waals surface area contributed by atoms with E-state index in [1.165, 1.54) is 23.0 Å². The van der Waals surface area contributed by atoms with Gasteiger partial charge in [-0.2, -0.15) is 0 Å². The smallest absolute Gasteiger partial charge is 0.323 e. The maximum absolute atomic E-state index is 13.3. The molecule has 0 bridgehead atoms. The Kier molecular flexibility index (Phi) is 10.4. The lowest BCUT2D eigenvalue weighted by atomic mass is 10.1. The van der Waals surface area contributed by atoms with Gasteiger partial charge in [0.2, 0.25) is 10.0 Å². The Morgan fingerprint density at radius 1 is 1.17 bits per heavy atom. The van der Waals surface area contributed by atoms with Crippen LogP contribution in [0.5, 0.6) is 5.75 Å². The van der Waals surface area contributed by atoms with Crippen molar-refractivity contribution < 1.29 is 22.7 Å². The third kappa shape index (κ3) is 8.56. The van der Waals surface area contributed by atoms with Crippen LogP contribution >= 0.6 is 0 Å². The molecule has 3 N–H and O–H groups in total. The van der Waals surface area contributed by atoms with E-state index in [2.05, 4.69) is 9.89 Å². The number of nitrogen functional groups attached to an aromatic ring is 1. The number of anilines is 1. The van der Waals surface area contributed by atoms with E-state index in [9.17, 15) is 13.2 Å². The second-order valence-corrected chi connectivity index (χ2v) is 12.0. The minimum Gasteiger partial charge on any atom is -0.490 e. The zero-order chi connectivity index (χ0) is 29.2. The summed E-state index contributed by atoms with van der Waals surface area (Å²) in [5.74, 6) is 0.271. The second kappa shape index (κ2) is 14.2. The molecule has 0 amide bonds. The molecule has 0 saturated carbocycles. The summed E-state index contributed by atoms with van der Waals surface area (Å²) in [4.78, 5) is 19.1. The maximum atomic E-state index is 13.3. The molecule has 2 aliphatic rings. The number of benzene rings is 2. The highest BCUT2D eigenvalue weighted by atomic mass is 32.2.